The Morgan fingerprint density at radius 3 is 2.12 bits per heavy atom. The lowest BCUT2D eigenvalue weighted by Gasteiger charge is -2.42. The van der Waals surface area contributed by atoms with Crippen LogP contribution in [0.5, 0.6) is 0 Å². The second kappa shape index (κ2) is 8.56. The zero-order chi connectivity index (χ0) is 17.8. The van der Waals surface area contributed by atoms with Crippen molar-refractivity contribution in [2.75, 3.05) is 26.2 Å². The van der Waals surface area contributed by atoms with Crippen LogP contribution in [-0.4, -0.2) is 42.0 Å². The van der Waals surface area contributed by atoms with Crippen molar-refractivity contribution in [1.82, 2.24) is 9.80 Å². The number of halogens is 1. The molecule has 1 heterocycles. The molecular formula is C23H29ClN2. The molecule has 0 radical (unpaired) electrons. The summed E-state index contributed by atoms with van der Waals surface area (Å²) in [6, 6.07) is 20.1. The van der Waals surface area contributed by atoms with Crippen molar-refractivity contribution < 1.29 is 0 Å². The van der Waals surface area contributed by atoms with Crippen molar-refractivity contribution in [3.05, 3.63) is 70.7 Å². The van der Waals surface area contributed by atoms with E-state index in [4.69, 9.17) is 11.6 Å². The van der Waals surface area contributed by atoms with Crippen molar-refractivity contribution in [2.45, 2.75) is 44.2 Å². The lowest BCUT2D eigenvalue weighted by Crippen LogP contribution is -2.50. The van der Waals surface area contributed by atoms with Crippen LogP contribution >= 0.6 is 11.6 Å². The molecule has 0 unspecified atom stereocenters. The predicted octanol–water partition coefficient (Wildman–Crippen LogP) is 5.18. The van der Waals surface area contributed by atoms with Gasteiger partial charge in [-0.1, -0.05) is 60.1 Å². The van der Waals surface area contributed by atoms with E-state index in [9.17, 15) is 0 Å². The van der Waals surface area contributed by atoms with Gasteiger partial charge in [0.2, 0.25) is 0 Å². The van der Waals surface area contributed by atoms with Gasteiger partial charge in [0, 0.05) is 43.8 Å². The van der Waals surface area contributed by atoms with E-state index in [1.165, 1.54) is 49.9 Å². The van der Waals surface area contributed by atoms with E-state index in [1.54, 1.807) is 0 Å². The molecule has 0 bridgehead atoms. The fourth-order valence-corrected chi connectivity index (χ4v) is 4.85. The van der Waals surface area contributed by atoms with Crippen LogP contribution < -0.4 is 0 Å². The number of nitrogens with zero attached hydrogens (tertiary/aromatic N) is 2. The quantitative estimate of drug-likeness (QED) is 0.733. The van der Waals surface area contributed by atoms with Gasteiger partial charge in [-0.2, -0.15) is 0 Å². The first-order chi connectivity index (χ1) is 12.8. The monoisotopic (exact) mass is 368 g/mol. The molecule has 138 valence electrons. The maximum Gasteiger partial charge on any atom is 0.0451 e. The van der Waals surface area contributed by atoms with Crippen LogP contribution in [-0.2, 0) is 6.54 Å². The molecule has 26 heavy (non-hydrogen) atoms. The summed E-state index contributed by atoms with van der Waals surface area (Å²) in [4.78, 5) is 5.29. The number of piperazine rings is 1. The summed E-state index contributed by atoms with van der Waals surface area (Å²) in [5.41, 5.74) is 2.79. The van der Waals surface area contributed by atoms with Gasteiger partial charge in [-0.05, 0) is 48.8 Å². The molecule has 2 nitrogen and oxygen atoms in total. The van der Waals surface area contributed by atoms with E-state index in [1.807, 2.05) is 12.1 Å². The van der Waals surface area contributed by atoms with Crippen molar-refractivity contribution in [3.8, 4) is 0 Å². The normalized spacial score (nSPS) is 25.3. The lowest BCUT2D eigenvalue weighted by atomic mass is 9.81. The average molecular weight is 369 g/mol. The largest absolute Gasteiger partial charge is 0.298 e. The molecule has 2 aliphatic rings. The van der Waals surface area contributed by atoms with Crippen LogP contribution in [0.4, 0.5) is 0 Å². The molecule has 0 spiro atoms. The highest BCUT2D eigenvalue weighted by Gasteiger charge is 2.28. The van der Waals surface area contributed by atoms with Crippen molar-refractivity contribution in [2.24, 2.45) is 0 Å². The highest BCUT2D eigenvalue weighted by atomic mass is 35.5. The highest BCUT2D eigenvalue weighted by Crippen LogP contribution is 2.35. The Morgan fingerprint density at radius 1 is 0.769 bits per heavy atom. The SMILES string of the molecule is Clc1ccccc1CN1CCN(C2CCC(c3ccccc3)CC2)CC1. The summed E-state index contributed by atoms with van der Waals surface area (Å²) in [5.74, 6) is 0.772. The van der Waals surface area contributed by atoms with E-state index in [0.29, 0.717) is 0 Å². The van der Waals surface area contributed by atoms with Crippen LogP contribution in [0, 0.1) is 0 Å². The topological polar surface area (TPSA) is 6.48 Å². The van der Waals surface area contributed by atoms with Gasteiger partial charge in [-0.15, -0.1) is 0 Å². The van der Waals surface area contributed by atoms with Crippen LogP contribution in [0.15, 0.2) is 54.6 Å². The van der Waals surface area contributed by atoms with Gasteiger partial charge in [0.05, 0.1) is 0 Å². The molecule has 1 aliphatic carbocycles. The van der Waals surface area contributed by atoms with Gasteiger partial charge in [0.1, 0.15) is 0 Å². The highest BCUT2D eigenvalue weighted by molar-refractivity contribution is 6.31. The Morgan fingerprint density at radius 2 is 1.42 bits per heavy atom. The fourth-order valence-electron chi connectivity index (χ4n) is 4.65. The molecule has 1 saturated heterocycles. The molecule has 0 aromatic heterocycles. The Hall–Kier alpha value is -1.35. The summed E-state index contributed by atoms with van der Waals surface area (Å²) in [5, 5.41) is 0.897. The van der Waals surface area contributed by atoms with Gasteiger partial charge in [-0.3, -0.25) is 9.80 Å². The third-order valence-corrected chi connectivity index (χ3v) is 6.61. The summed E-state index contributed by atoms with van der Waals surface area (Å²) in [6.07, 6.45) is 5.39. The second-order valence-corrected chi connectivity index (χ2v) is 8.23. The summed E-state index contributed by atoms with van der Waals surface area (Å²) in [6.45, 7) is 5.69. The molecule has 2 fully saturated rings. The molecule has 0 atom stereocenters. The van der Waals surface area contributed by atoms with E-state index < -0.39 is 0 Å². The van der Waals surface area contributed by atoms with Crippen LogP contribution in [0.25, 0.3) is 0 Å². The van der Waals surface area contributed by atoms with Crippen molar-refractivity contribution in [3.63, 3.8) is 0 Å². The van der Waals surface area contributed by atoms with E-state index in [-0.39, 0.29) is 0 Å². The minimum atomic E-state index is 0.772. The zero-order valence-corrected chi connectivity index (χ0v) is 16.2. The molecule has 4 rings (SSSR count). The molecule has 1 saturated carbocycles. The van der Waals surface area contributed by atoms with E-state index in [2.05, 4.69) is 52.3 Å². The van der Waals surface area contributed by atoms with Gasteiger partial charge in [0.15, 0.2) is 0 Å². The fraction of sp³-hybridized carbons (Fsp3) is 0.478. The average Bonchev–Trinajstić information content (AvgIpc) is 2.71. The Bertz CT molecular complexity index is 686. The summed E-state index contributed by atoms with van der Waals surface area (Å²) < 4.78 is 0. The number of benzene rings is 2. The Labute approximate surface area is 162 Å². The van der Waals surface area contributed by atoms with E-state index in [0.717, 1.165) is 36.6 Å². The second-order valence-electron chi connectivity index (χ2n) is 7.82. The van der Waals surface area contributed by atoms with Crippen molar-refractivity contribution in [1.29, 1.82) is 0 Å². The predicted molar refractivity (Wildman–Crippen MR) is 110 cm³/mol. The maximum atomic E-state index is 6.32. The number of hydrogen-bond donors (Lipinski definition) is 0. The molecule has 1 aliphatic heterocycles. The lowest BCUT2D eigenvalue weighted by molar-refractivity contribution is 0.0727. The first kappa shape index (κ1) is 18.0. The van der Waals surface area contributed by atoms with Crippen LogP contribution in [0.1, 0.15) is 42.7 Å². The van der Waals surface area contributed by atoms with Crippen LogP contribution in [0.3, 0.4) is 0 Å². The smallest absolute Gasteiger partial charge is 0.0451 e. The maximum absolute atomic E-state index is 6.32. The Kier molecular flexibility index (Phi) is 5.94. The first-order valence-corrected chi connectivity index (χ1v) is 10.4. The van der Waals surface area contributed by atoms with Gasteiger partial charge < -0.3 is 0 Å². The van der Waals surface area contributed by atoms with E-state index >= 15 is 0 Å². The first-order valence-electron chi connectivity index (χ1n) is 10.0. The molecule has 3 heteroatoms. The zero-order valence-electron chi connectivity index (χ0n) is 15.5. The van der Waals surface area contributed by atoms with Gasteiger partial charge >= 0.3 is 0 Å². The molecule has 2 aromatic rings. The van der Waals surface area contributed by atoms with Gasteiger partial charge in [-0.25, -0.2) is 0 Å². The third-order valence-electron chi connectivity index (χ3n) is 6.24. The van der Waals surface area contributed by atoms with Crippen molar-refractivity contribution >= 4 is 11.6 Å². The van der Waals surface area contributed by atoms with Crippen LogP contribution in [0.2, 0.25) is 5.02 Å². The summed E-state index contributed by atoms with van der Waals surface area (Å²) in [7, 11) is 0. The summed E-state index contributed by atoms with van der Waals surface area (Å²) >= 11 is 6.32. The minimum absolute atomic E-state index is 0.772. The Balaban J connectivity index is 1.25. The molecule has 0 N–H and O–H groups in total. The standard InChI is InChI=1S/C23H29ClN2/c24-23-9-5-4-8-21(23)18-25-14-16-26(17-15-25)22-12-10-20(11-13-22)19-6-2-1-3-7-19/h1-9,20,22H,10-18H2. The molecular weight excluding hydrogens is 340 g/mol. The third kappa shape index (κ3) is 4.31. The van der Waals surface area contributed by atoms with Gasteiger partial charge in [0.25, 0.3) is 0 Å². The molecule has 2 aromatic carbocycles. The number of hydrogen-bond acceptors (Lipinski definition) is 2. The minimum Gasteiger partial charge on any atom is -0.298 e. The molecule has 0 amide bonds. The number of rotatable bonds is 4.